The molecule has 5 unspecified atom stereocenters. The largest absolute Gasteiger partial charge is 0.493 e. The van der Waals surface area contributed by atoms with Gasteiger partial charge in [0, 0.05) is 11.5 Å². The number of hydrogen-bond donors (Lipinski definition) is 1. The smallest absolute Gasteiger partial charge is 0.125 e. The van der Waals surface area contributed by atoms with E-state index in [-0.39, 0.29) is 18.1 Å². The molecular formula is C17H26O3. The van der Waals surface area contributed by atoms with Gasteiger partial charge in [0.15, 0.2) is 0 Å². The van der Waals surface area contributed by atoms with E-state index in [0.717, 1.165) is 16.9 Å². The van der Waals surface area contributed by atoms with Crippen molar-refractivity contribution in [1.29, 1.82) is 0 Å². The molecule has 1 heterocycles. The van der Waals surface area contributed by atoms with Crippen LogP contribution < -0.4 is 4.74 Å². The van der Waals surface area contributed by atoms with E-state index >= 15 is 0 Å². The Morgan fingerprint density at radius 1 is 1.25 bits per heavy atom. The van der Waals surface area contributed by atoms with Crippen LogP contribution in [0.15, 0.2) is 18.2 Å². The Labute approximate surface area is 121 Å². The van der Waals surface area contributed by atoms with Crippen LogP contribution in [0, 0.1) is 18.8 Å². The van der Waals surface area contributed by atoms with Crippen LogP contribution in [-0.2, 0) is 4.74 Å². The van der Waals surface area contributed by atoms with E-state index in [1.54, 1.807) is 0 Å². The molecule has 3 heteroatoms. The molecule has 0 saturated carbocycles. The molecule has 3 nitrogen and oxygen atoms in total. The van der Waals surface area contributed by atoms with Crippen LogP contribution in [0.1, 0.15) is 44.9 Å². The van der Waals surface area contributed by atoms with Crippen molar-refractivity contribution in [1.82, 2.24) is 0 Å². The summed E-state index contributed by atoms with van der Waals surface area (Å²) in [6, 6.07) is 5.99. The average molecular weight is 278 g/mol. The second kappa shape index (κ2) is 6.15. The lowest BCUT2D eigenvalue weighted by Gasteiger charge is -2.26. The molecule has 1 aromatic carbocycles. The minimum absolute atomic E-state index is 0.0602. The van der Waals surface area contributed by atoms with Crippen LogP contribution in [0.25, 0.3) is 0 Å². The molecule has 112 valence electrons. The first-order valence-corrected chi connectivity index (χ1v) is 7.52. The molecule has 1 saturated heterocycles. The van der Waals surface area contributed by atoms with Crippen LogP contribution in [0.4, 0.5) is 0 Å². The van der Waals surface area contributed by atoms with Crippen molar-refractivity contribution in [2.24, 2.45) is 11.8 Å². The van der Waals surface area contributed by atoms with Crippen molar-refractivity contribution in [3.8, 4) is 5.75 Å². The van der Waals surface area contributed by atoms with Gasteiger partial charge in [0.2, 0.25) is 0 Å². The maximum absolute atomic E-state index is 10.9. The standard InChI is InChI=1S/C17H26O3/c1-6-19-15-8-7-10(2)9-14(15)17(18)16-11(3)12(4)20-13(16)5/h7-9,11-13,16-18H,6H2,1-5H3. The molecule has 1 aromatic rings. The Balaban J connectivity index is 2.32. The fourth-order valence-corrected chi connectivity index (χ4v) is 3.23. The van der Waals surface area contributed by atoms with Crippen LogP contribution >= 0.6 is 0 Å². The van der Waals surface area contributed by atoms with E-state index in [0.29, 0.717) is 12.5 Å². The van der Waals surface area contributed by atoms with Crippen molar-refractivity contribution < 1.29 is 14.6 Å². The van der Waals surface area contributed by atoms with Crippen LogP contribution in [0.3, 0.4) is 0 Å². The summed E-state index contributed by atoms with van der Waals surface area (Å²) in [4.78, 5) is 0. The zero-order chi connectivity index (χ0) is 14.9. The monoisotopic (exact) mass is 278 g/mol. The Bertz CT molecular complexity index is 458. The van der Waals surface area contributed by atoms with Crippen molar-refractivity contribution in [2.45, 2.75) is 52.9 Å². The number of aliphatic hydroxyl groups is 1. The summed E-state index contributed by atoms with van der Waals surface area (Å²) in [5.41, 5.74) is 2.02. The first-order valence-electron chi connectivity index (χ1n) is 7.52. The fourth-order valence-electron chi connectivity index (χ4n) is 3.23. The van der Waals surface area contributed by atoms with Crippen molar-refractivity contribution in [3.05, 3.63) is 29.3 Å². The van der Waals surface area contributed by atoms with Gasteiger partial charge in [-0.3, -0.25) is 0 Å². The predicted octanol–water partition coefficient (Wildman–Crippen LogP) is 3.49. The fraction of sp³-hybridized carbons (Fsp3) is 0.647. The zero-order valence-electron chi connectivity index (χ0n) is 13.1. The molecule has 0 radical (unpaired) electrons. The van der Waals surface area contributed by atoms with Gasteiger partial charge in [-0.25, -0.2) is 0 Å². The Morgan fingerprint density at radius 3 is 2.50 bits per heavy atom. The van der Waals surface area contributed by atoms with Gasteiger partial charge in [-0.1, -0.05) is 18.6 Å². The third-order valence-corrected chi connectivity index (χ3v) is 4.47. The number of benzene rings is 1. The number of hydrogen-bond acceptors (Lipinski definition) is 3. The van der Waals surface area contributed by atoms with Crippen molar-refractivity contribution in [3.63, 3.8) is 0 Å². The minimum atomic E-state index is -0.550. The molecule has 20 heavy (non-hydrogen) atoms. The highest BCUT2D eigenvalue weighted by molar-refractivity contribution is 5.39. The van der Waals surface area contributed by atoms with E-state index in [9.17, 15) is 5.11 Å². The molecule has 0 bridgehead atoms. The summed E-state index contributed by atoms with van der Waals surface area (Å²) in [5, 5.41) is 10.9. The van der Waals surface area contributed by atoms with Gasteiger partial charge >= 0.3 is 0 Å². The first kappa shape index (κ1) is 15.3. The van der Waals surface area contributed by atoms with E-state index in [4.69, 9.17) is 9.47 Å². The third-order valence-electron chi connectivity index (χ3n) is 4.47. The van der Waals surface area contributed by atoms with Crippen molar-refractivity contribution >= 4 is 0 Å². The Kier molecular flexibility index (Phi) is 4.71. The molecule has 0 amide bonds. The molecule has 5 atom stereocenters. The normalized spacial score (nSPS) is 31.3. The third kappa shape index (κ3) is 2.84. The quantitative estimate of drug-likeness (QED) is 0.916. The summed E-state index contributed by atoms with van der Waals surface area (Å²) >= 11 is 0. The topological polar surface area (TPSA) is 38.7 Å². The van der Waals surface area contributed by atoms with E-state index < -0.39 is 6.10 Å². The molecule has 0 aromatic heterocycles. The summed E-state index contributed by atoms with van der Waals surface area (Å²) in [7, 11) is 0. The number of rotatable bonds is 4. The molecule has 0 spiro atoms. The Morgan fingerprint density at radius 2 is 1.95 bits per heavy atom. The van der Waals surface area contributed by atoms with Gasteiger partial charge in [-0.05, 0) is 45.7 Å². The number of ether oxygens (including phenoxy) is 2. The molecular weight excluding hydrogens is 252 g/mol. The van der Waals surface area contributed by atoms with Gasteiger partial charge in [-0.2, -0.15) is 0 Å². The zero-order valence-corrected chi connectivity index (χ0v) is 13.1. The van der Waals surface area contributed by atoms with Gasteiger partial charge in [0.1, 0.15) is 5.75 Å². The van der Waals surface area contributed by atoms with Gasteiger partial charge < -0.3 is 14.6 Å². The first-order chi connectivity index (χ1) is 9.45. The number of aryl methyl sites for hydroxylation is 1. The molecule has 1 aliphatic rings. The lowest BCUT2D eigenvalue weighted by atomic mass is 9.81. The molecule has 1 aliphatic heterocycles. The predicted molar refractivity (Wildman–Crippen MR) is 80.0 cm³/mol. The molecule has 2 rings (SSSR count). The van der Waals surface area contributed by atoms with E-state index in [1.807, 2.05) is 39.0 Å². The van der Waals surface area contributed by atoms with Crippen LogP contribution in [0.5, 0.6) is 5.75 Å². The second-order valence-electron chi connectivity index (χ2n) is 5.90. The van der Waals surface area contributed by atoms with Crippen LogP contribution in [-0.4, -0.2) is 23.9 Å². The number of aliphatic hydroxyl groups excluding tert-OH is 1. The SMILES string of the molecule is CCOc1ccc(C)cc1C(O)C1C(C)OC(C)C1C. The van der Waals surface area contributed by atoms with Gasteiger partial charge in [-0.15, -0.1) is 0 Å². The molecule has 1 fully saturated rings. The lowest BCUT2D eigenvalue weighted by molar-refractivity contribution is 0.0223. The summed E-state index contributed by atoms with van der Waals surface area (Å²) in [6.07, 6.45) is -0.304. The minimum Gasteiger partial charge on any atom is -0.493 e. The summed E-state index contributed by atoms with van der Waals surface area (Å²) in [5.74, 6) is 1.21. The Hall–Kier alpha value is -1.06. The maximum atomic E-state index is 10.9. The summed E-state index contributed by atoms with van der Waals surface area (Å²) in [6.45, 7) is 10.9. The highest BCUT2D eigenvalue weighted by atomic mass is 16.5. The highest BCUT2D eigenvalue weighted by Gasteiger charge is 2.42. The summed E-state index contributed by atoms with van der Waals surface area (Å²) < 4.78 is 11.5. The van der Waals surface area contributed by atoms with Crippen LogP contribution in [0.2, 0.25) is 0 Å². The van der Waals surface area contributed by atoms with Gasteiger partial charge in [0.25, 0.3) is 0 Å². The van der Waals surface area contributed by atoms with Gasteiger partial charge in [0.05, 0.1) is 24.9 Å². The average Bonchev–Trinajstić information content (AvgIpc) is 2.65. The second-order valence-corrected chi connectivity index (χ2v) is 5.90. The van der Waals surface area contributed by atoms with Crippen molar-refractivity contribution in [2.75, 3.05) is 6.61 Å². The highest BCUT2D eigenvalue weighted by Crippen LogP contribution is 2.42. The molecule has 0 aliphatic carbocycles. The van der Waals surface area contributed by atoms with E-state index in [1.165, 1.54) is 0 Å². The lowest BCUT2D eigenvalue weighted by Crippen LogP contribution is -2.25. The molecule has 1 N–H and O–H groups in total. The van der Waals surface area contributed by atoms with E-state index in [2.05, 4.69) is 13.8 Å². The maximum Gasteiger partial charge on any atom is 0.125 e.